The van der Waals surface area contributed by atoms with Gasteiger partial charge >= 0.3 is 0 Å². The van der Waals surface area contributed by atoms with Crippen molar-refractivity contribution in [3.05, 3.63) is 70.9 Å². The van der Waals surface area contributed by atoms with E-state index in [1.54, 1.807) is 0 Å². The molecule has 0 atom stereocenters. The average Bonchev–Trinajstić information content (AvgIpc) is 2.97. The Morgan fingerprint density at radius 2 is 1.76 bits per heavy atom. The van der Waals surface area contributed by atoms with Crippen molar-refractivity contribution in [3.63, 3.8) is 0 Å². The van der Waals surface area contributed by atoms with Gasteiger partial charge in [0.25, 0.3) is 0 Å². The first kappa shape index (κ1) is 20.6. The van der Waals surface area contributed by atoms with Gasteiger partial charge in [-0.1, -0.05) is 35.9 Å². The van der Waals surface area contributed by atoms with E-state index < -0.39 is 0 Å². The van der Waals surface area contributed by atoms with Gasteiger partial charge in [-0.3, -0.25) is 4.79 Å². The number of benzene rings is 2. The van der Waals surface area contributed by atoms with E-state index in [4.69, 9.17) is 9.84 Å². The number of amides is 1. The molecule has 0 aliphatic heterocycles. The van der Waals surface area contributed by atoms with Crippen LogP contribution >= 0.6 is 0 Å². The fraction of sp³-hybridized carbons (Fsp3) is 0.333. The number of hydrogen-bond acceptors (Lipinski definition) is 3. The standard InChI is InChI=1S/C24H29N3O2/c1-16(2)25-23(28)15-14-21-19(5)26-27(22-9-7-6-8-18(22)4)24(21)29-20-12-10-17(3)11-13-20/h6-13,16H,14-15H2,1-5H3,(H,25,28). The molecule has 5 heteroatoms. The van der Waals surface area contributed by atoms with E-state index in [0.717, 1.165) is 28.3 Å². The molecule has 1 heterocycles. The van der Waals surface area contributed by atoms with Crippen molar-refractivity contribution in [2.24, 2.45) is 0 Å². The zero-order valence-electron chi connectivity index (χ0n) is 17.8. The molecular formula is C24H29N3O2. The summed E-state index contributed by atoms with van der Waals surface area (Å²) in [6.45, 7) is 9.99. The maximum Gasteiger partial charge on any atom is 0.226 e. The van der Waals surface area contributed by atoms with Gasteiger partial charge in [0.05, 0.1) is 11.4 Å². The van der Waals surface area contributed by atoms with E-state index in [-0.39, 0.29) is 11.9 Å². The number of nitrogens with one attached hydrogen (secondary N) is 1. The lowest BCUT2D eigenvalue weighted by molar-refractivity contribution is -0.121. The van der Waals surface area contributed by atoms with E-state index >= 15 is 0 Å². The highest BCUT2D eigenvalue weighted by Crippen LogP contribution is 2.32. The SMILES string of the molecule is Cc1ccc(Oc2c(CCC(=O)NC(C)C)c(C)nn2-c2ccccc2C)cc1. The molecule has 0 radical (unpaired) electrons. The predicted octanol–water partition coefficient (Wildman–Crippen LogP) is 5.05. The second kappa shape index (κ2) is 8.95. The van der Waals surface area contributed by atoms with Crippen molar-refractivity contribution in [2.45, 2.75) is 53.5 Å². The molecular weight excluding hydrogens is 362 g/mol. The Kier molecular flexibility index (Phi) is 6.37. The summed E-state index contributed by atoms with van der Waals surface area (Å²) in [4.78, 5) is 12.2. The summed E-state index contributed by atoms with van der Waals surface area (Å²) in [7, 11) is 0. The van der Waals surface area contributed by atoms with Crippen LogP contribution in [0.1, 0.15) is 42.7 Å². The van der Waals surface area contributed by atoms with E-state index in [1.807, 2.05) is 74.8 Å². The molecule has 1 amide bonds. The molecule has 3 aromatic rings. The Morgan fingerprint density at radius 1 is 1.07 bits per heavy atom. The maximum atomic E-state index is 12.2. The van der Waals surface area contributed by atoms with Crippen LogP contribution in [0.25, 0.3) is 5.69 Å². The van der Waals surface area contributed by atoms with Crippen LogP contribution in [-0.4, -0.2) is 21.7 Å². The first-order valence-corrected chi connectivity index (χ1v) is 10.0. The molecule has 0 saturated heterocycles. The van der Waals surface area contributed by atoms with E-state index in [1.165, 1.54) is 5.56 Å². The normalized spacial score (nSPS) is 11.0. The largest absolute Gasteiger partial charge is 0.439 e. The number of aryl methyl sites for hydroxylation is 3. The summed E-state index contributed by atoms with van der Waals surface area (Å²) in [5, 5.41) is 7.70. The lowest BCUT2D eigenvalue weighted by Gasteiger charge is -2.13. The van der Waals surface area contributed by atoms with Gasteiger partial charge in [-0.15, -0.1) is 0 Å². The van der Waals surface area contributed by atoms with Gasteiger partial charge in [0, 0.05) is 18.0 Å². The lowest BCUT2D eigenvalue weighted by Crippen LogP contribution is -2.30. The fourth-order valence-corrected chi connectivity index (χ4v) is 3.25. The van der Waals surface area contributed by atoms with Crippen molar-refractivity contribution in [2.75, 3.05) is 0 Å². The molecule has 3 rings (SSSR count). The Labute approximate surface area is 172 Å². The number of nitrogens with zero attached hydrogens (tertiary/aromatic N) is 2. The molecule has 0 spiro atoms. The number of hydrogen-bond donors (Lipinski definition) is 1. The van der Waals surface area contributed by atoms with Crippen LogP contribution in [0.2, 0.25) is 0 Å². The Morgan fingerprint density at radius 3 is 2.41 bits per heavy atom. The topological polar surface area (TPSA) is 56.1 Å². The zero-order chi connectivity index (χ0) is 21.0. The number of aromatic nitrogens is 2. The first-order chi connectivity index (χ1) is 13.8. The van der Waals surface area contributed by atoms with Gasteiger partial charge in [-0.05, 0) is 64.8 Å². The molecule has 5 nitrogen and oxygen atoms in total. The molecule has 1 N–H and O–H groups in total. The molecule has 2 aromatic carbocycles. The fourth-order valence-electron chi connectivity index (χ4n) is 3.25. The van der Waals surface area contributed by atoms with Crippen LogP contribution < -0.4 is 10.1 Å². The smallest absolute Gasteiger partial charge is 0.226 e. The highest BCUT2D eigenvalue weighted by atomic mass is 16.5. The molecule has 0 aliphatic rings. The van der Waals surface area contributed by atoms with Gasteiger partial charge in [-0.2, -0.15) is 9.78 Å². The molecule has 152 valence electrons. The molecule has 0 aliphatic carbocycles. The number of para-hydroxylation sites is 1. The van der Waals surface area contributed by atoms with Crippen molar-refractivity contribution in [1.29, 1.82) is 0 Å². The van der Waals surface area contributed by atoms with E-state index in [0.29, 0.717) is 18.7 Å². The third-order valence-electron chi connectivity index (χ3n) is 4.77. The van der Waals surface area contributed by atoms with Crippen LogP contribution in [0.4, 0.5) is 0 Å². The van der Waals surface area contributed by atoms with Crippen molar-refractivity contribution in [3.8, 4) is 17.3 Å². The number of carbonyl (C=O) groups excluding carboxylic acids is 1. The highest BCUT2D eigenvalue weighted by molar-refractivity contribution is 5.76. The quantitative estimate of drug-likeness (QED) is 0.613. The monoisotopic (exact) mass is 391 g/mol. The van der Waals surface area contributed by atoms with Crippen molar-refractivity contribution >= 4 is 5.91 Å². The Bertz CT molecular complexity index is 988. The van der Waals surface area contributed by atoms with Gasteiger partial charge in [-0.25, -0.2) is 0 Å². The van der Waals surface area contributed by atoms with E-state index in [9.17, 15) is 4.79 Å². The summed E-state index contributed by atoms with van der Waals surface area (Å²) >= 11 is 0. The zero-order valence-corrected chi connectivity index (χ0v) is 17.8. The van der Waals surface area contributed by atoms with Crippen LogP contribution in [0.15, 0.2) is 48.5 Å². The molecule has 0 unspecified atom stereocenters. The molecule has 0 saturated carbocycles. The summed E-state index contributed by atoms with van der Waals surface area (Å²) in [6.07, 6.45) is 0.959. The third-order valence-corrected chi connectivity index (χ3v) is 4.77. The van der Waals surface area contributed by atoms with Crippen molar-refractivity contribution < 1.29 is 9.53 Å². The van der Waals surface area contributed by atoms with Crippen LogP contribution in [0, 0.1) is 20.8 Å². The number of rotatable bonds is 7. The average molecular weight is 392 g/mol. The van der Waals surface area contributed by atoms with Crippen LogP contribution in [-0.2, 0) is 11.2 Å². The molecule has 0 bridgehead atoms. The second-order valence-corrected chi connectivity index (χ2v) is 7.70. The van der Waals surface area contributed by atoms with Gasteiger partial charge < -0.3 is 10.1 Å². The van der Waals surface area contributed by atoms with Crippen LogP contribution in [0.5, 0.6) is 11.6 Å². The number of carbonyl (C=O) groups is 1. The van der Waals surface area contributed by atoms with Gasteiger partial charge in [0.15, 0.2) is 0 Å². The lowest BCUT2D eigenvalue weighted by atomic mass is 10.1. The van der Waals surface area contributed by atoms with Crippen LogP contribution in [0.3, 0.4) is 0 Å². The third kappa shape index (κ3) is 5.05. The summed E-state index contributed by atoms with van der Waals surface area (Å²) in [5.41, 5.74) is 5.07. The minimum Gasteiger partial charge on any atom is -0.439 e. The number of ether oxygens (including phenoxy) is 1. The highest BCUT2D eigenvalue weighted by Gasteiger charge is 2.20. The molecule has 29 heavy (non-hydrogen) atoms. The minimum atomic E-state index is 0.0318. The summed E-state index contributed by atoms with van der Waals surface area (Å²) in [6, 6.07) is 16.2. The second-order valence-electron chi connectivity index (χ2n) is 7.70. The molecule has 0 fully saturated rings. The molecule has 1 aromatic heterocycles. The maximum absolute atomic E-state index is 12.2. The summed E-state index contributed by atoms with van der Waals surface area (Å²) in [5.74, 6) is 1.44. The Balaban J connectivity index is 1.99. The predicted molar refractivity (Wildman–Crippen MR) is 116 cm³/mol. The van der Waals surface area contributed by atoms with E-state index in [2.05, 4.69) is 18.3 Å². The minimum absolute atomic E-state index is 0.0318. The Hall–Kier alpha value is -3.08. The first-order valence-electron chi connectivity index (χ1n) is 10.0. The summed E-state index contributed by atoms with van der Waals surface area (Å²) < 4.78 is 8.16. The van der Waals surface area contributed by atoms with Gasteiger partial charge in [0.2, 0.25) is 11.8 Å². The van der Waals surface area contributed by atoms with Gasteiger partial charge in [0.1, 0.15) is 5.75 Å². The van der Waals surface area contributed by atoms with Crippen molar-refractivity contribution in [1.82, 2.24) is 15.1 Å².